The molecule has 16 heavy (non-hydrogen) atoms. The Bertz CT molecular complexity index is 218. The number of hydrogen-bond donors (Lipinski definition) is 0. The second kappa shape index (κ2) is 7.16. The van der Waals surface area contributed by atoms with Crippen LogP contribution in [0.4, 0.5) is 35.1 Å². The second-order valence-electron chi connectivity index (χ2n) is 2.12. The zero-order valence-electron chi connectivity index (χ0n) is 7.14. The fraction of sp³-hybridized carbons (Fsp3) is 0.667. The number of halogens is 10. The Hall–Kier alpha value is -0.240. The van der Waals surface area contributed by atoms with Gasteiger partial charge in [-0.15, -0.1) is 11.6 Å². The van der Waals surface area contributed by atoms with E-state index >= 15 is 0 Å². The fourth-order valence-electron chi connectivity index (χ4n) is 0.149. The maximum atomic E-state index is 11.4. The third kappa shape index (κ3) is 9.02. The summed E-state index contributed by atoms with van der Waals surface area (Å²) >= 11 is 8.92. The lowest BCUT2D eigenvalue weighted by Gasteiger charge is -2.06. The van der Waals surface area contributed by atoms with Crippen LogP contribution in [0.1, 0.15) is 0 Å². The number of alkyl halides is 8. The molecule has 0 rings (SSSR count). The molecular weight excluding hydrogens is 295 g/mol. The van der Waals surface area contributed by atoms with Crippen molar-refractivity contribution in [1.82, 2.24) is 0 Å². The third-order valence-corrected chi connectivity index (χ3v) is 1.32. The van der Waals surface area contributed by atoms with Gasteiger partial charge in [-0.25, -0.2) is 8.78 Å². The molecule has 1 atom stereocenters. The van der Waals surface area contributed by atoms with Crippen LogP contribution in [0.2, 0.25) is 0 Å². The minimum Gasteiger partial charge on any atom is -0.236 e. The first kappa shape index (κ1) is 18.1. The molecule has 0 N–H and O–H groups in total. The molecule has 0 aliphatic carbocycles. The van der Waals surface area contributed by atoms with Gasteiger partial charge in [0, 0.05) is 5.54 Å². The highest BCUT2D eigenvalue weighted by Gasteiger charge is 2.39. The van der Waals surface area contributed by atoms with E-state index in [9.17, 15) is 35.1 Å². The van der Waals surface area contributed by atoms with E-state index in [0.29, 0.717) is 0 Å². The zero-order chi connectivity index (χ0) is 13.6. The van der Waals surface area contributed by atoms with Gasteiger partial charge in [0.2, 0.25) is 12.0 Å². The number of rotatable bonds is 1. The summed E-state index contributed by atoms with van der Waals surface area (Å²) in [7, 11) is 0. The van der Waals surface area contributed by atoms with Crippen LogP contribution in [0, 0.1) is 0 Å². The highest BCUT2D eigenvalue weighted by atomic mass is 35.5. The quantitative estimate of drug-likeness (QED) is 0.485. The molecule has 0 aliphatic heterocycles. The monoisotopic (exact) mass is 298 g/mol. The summed E-state index contributed by atoms with van der Waals surface area (Å²) in [6, 6.07) is 0. The lowest BCUT2D eigenvalue weighted by molar-refractivity contribution is -0.173. The molecular formula is C6H4Cl2F8. The lowest BCUT2D eigenvalue weighted by Crippen LogP contribution is -2.25. The van der Waals surface area contributed by atoms with E-state index in [-0.39, 0.29) is 5.54 Å². The van der Waals surface area contributed by atoms with Gasteiger partial charge < -0.3 is 0 Å². The average molecular weight is 299 g/mol. The van der Waals surface area contributed by atoms with Crippen molar-refractivity contribution in [3.8, 4) is 0 Å². The molecule has 0 nitrogen and oxygen atoms in total. The van der Waals surface area contributed by atoms with E-state index in [1.165, 1.54) is 0 Å². The van der Waals surface area contributed by atoms with Crippen LogP contribution < -0.4 is 0 Å². The molecule has 0 aromatic heterocycles. The summed E-state index contributed by atoms with van der Waals surface area (Å²) in [6.45, 7) is 0. The molecule has 0 saturated heterocycles. The minimum absolute atomic E-state index is 0.153. The molecule has 0 bridgehead atoms. The van der Waals surface area contributed by atoms with E-state index in [4.69, 9.17) is 0 Å². The van der Waals surface area contributed by atoms with Gasteiger partial charge in [0.15, 0.2) is 0 Å². The smallest absolute Gasteiger partial charge is 0.236 e. The highest BCUT2D eigenvalue weighted by molar-refractivity contribution is 6.25. The van der Waals surface area contributed by atoms with Crippen LogP contribution >= 0.6 is 23.2 Å². The predicted molar refractivity (Wildman–Crippen MR) is 42.8 cm³/mol. The Balaban J connectivity index is 0. The Labute approximate surface area is 94.8 Å². The van der Waals surface area contributed by atoms with Crippen LogP contribution in [-0.4, -0.2) is 24.4 Å². The molecule has 0 radical (unpaired) electrons. The highest BCUT2D eigenvalue weighted by Crippen LogP contribution is 2.26. The molecule has 0 fully saturated rings. The van der Waals surface area contributed by atoms with E-state index in [2.05, 4.69) is 23.2 Å². The van der Waals surface area contributed by atoms with Gasteiger partial charge in [-0.2, -0.15) is 26.3 Å². The summed E-state index contributed by atoms with van der Waals surface area (Å²) < 4.78 is 88.4. The van der Waals surface area contributed by atoms with Gasteiger partial charge in [-0.3, -0.25) is 0 Å². The summed E-state index contributed by atoms with van der Waals surface area (Å²) in [5.74, 6) is -3.30. The first-order valence-corrected chi connectivity index (χ1v) is 4.23. The predicted octanol–water partition coefficient (Wildman–Crippen LogP) is 4.72. The Morgan fingerprint density at radius 1 is 1.12 bits per heavy atom. The van der Waals surface area contributed by atoms with Crippen molar-refractivity contribution >= 4 is 23.2 Å². The summed E-state index contributed by atoms with van der Waals surface area (Å²) in [6.07, 6.45) is -12.6. The number of hydrogen-bond acceptors (Lipinski definition) is 0. The largest absolute Gasteiger partial charge is 0.443 e. The van der Waals surface area contributed by atoms with Gasteiger partial charge >= 0.3 is 12.4 Å². The molecule has 0 aromatic carbocycles. The Morgan fingerprint density at radius 3 is 1.50 bits per heavy atom. The van der Waals surface area contributed by atoms with Crippen molar-refractivity contribution in [3.63, 3.8) is 0 Å². The van der Waals surface area contributed by atoms with Gasteiger partial charge in [0.25, 0.3) is 0 Å². The minimum atomic E-state index is -4.93. The number of allylic oxidation sites excluding steroid dienone is 1. The molecule has 98 valence electrons. The summed E-state index contributed by atoms with van der Waals surface area (Å²) in [5, 5.41) is 0. The molecule has 0 aliphatic rings. The van der Waals surface area contributed by atoms with Gasteiger partial charge in [0.1, 0.15) is 0 Å². The molecule has 0 amide bonds. The Kier molecular flexibility index (Phi) is 8.11. The van der Waals surface area contributed by atoms with Crippen molar-refractivity contribution < 1.29 is 35.1 Å². The molecule has 0 heterocycles. The van der Waals surface area contributed by atoms with E-state index in [1.807, 2.05) is 0 Å². The van der Waals surface area contributed by atoms with Crippen LogP contribution in [0.3, 0.4) is 0 Å². The molecule has 0 spiro atoms. The summed E-state index contributed by atoms with van der Waals surface area (Å²) in [5.41, 5.74) is -0.153. The van der Waals surface area contributed by atoms with Crippen molar-refractivity contribution in [3.05, 3.63) is 11.4 Å². The zero-order valence-corrected chi connectivity index (χ0v) is 8.65. The maximum Gasteiger partial charge on any atom is 0.443 e. The van der Waals surface area contributed by atoms with Crippen LogP contribution in [0.5, 0.6) is 0 Å². The van der Waals surface area contributed by atoms with Crippen LogP contribution in [0.15, 0.2) is 11.4 Å². The topological polar surface area (TPSA) is 0 Å². The molecule has 0 saturated carbocycles. The van der Waals surface area contributed by atoms with Crippen LogP contribution in [0.25, 0.3) is 0 Å². The van der Waals surface area contributed by atoms with Gasteiger partial charge in [0.05, 0.1) is 5.88 Å². The Morgan fingerprint density at radius 2 is 1.50 bits per heavy atom. The standard InChI is InChI=1S/C3H3ClF4.C3HClF4/c2*4-1-2(5)3(6,7)8/h2H,1H2;1H/b;2-1-. The fourth-order valence-corrected chi connectivity index (χ4v) is 0.448. The van der Waals surface area contributed by atoms with Crippen molar-refractivity contribution in [2.45, 2.75) is 18.5 Å². The second-order valence-corrected chi connectivity index (χ2v) is 2.65. The SMILES string of the molecule is F/C(=C\Cl)C(F)(F)F.FC(CCl)C(F)(F)F. The van der Waals surface area contributed by atoms with Crippen LogP contribution in [-0.2, 0) is 0 Å². The van der Waals surface area contributed by atoms with Gasteiger partial charge in [-0.05, 0) is 0 Å². The van der Waals surface area contributed by atoms with Crippen molar-refractivity contribution in [1.29, 1.82) is 0 Å². The first-order valence-electron chi connectivity index (χ1n) is 3.26. The average Bonchev–Trinajstić information content (AvgIpc) is 2.13. The van der Waals surface area contributed by atoms with Crippen molar-refractivity contribution in [2.75, 3.05) is 5.88 Å². The normalized spacial score (nSPS) is 15.2. The lowest BCUT2D eigenvalue weighted by atomic mass is 10.4. The molecule has 10 heteroatoms. The summed E-state index contributed by atoms with van der Waals surface area (Å²) in [4.78, 5) is 0. The molecule has 0 aromatic rings. The first-order chi connectivity index (χ1) is 6.96. The third-order valence-electron chi connectivity index (χ3n) is 0.857. The maximum absolute atomic E-state index is 11.4. The van der Waals surface area contributed by atoms with E-state index in [1.54, 1.807) is 0 Å². The van der Waals surface area contributed by atoms with Gasteiger partial charge in [-0.1, -0.05) is 11.6 Å². The van der Waals surface area contributed by atoms with E-state index in [0.717, 1.165) is 0 Å². The van der Waals surface area contributed by atoms with Crippen molar-refractivity contribution in [2.24, 2.45) is 0 Å². The molecule has 1 unspecified atom stereocenters. The van der Waals surface area contributed by atoms with E-state index < -0.39 is 30.2 Å².